The van der Waals surface area contributed by atoms with Crippen molar-refractivity contribution in [1.82, 2.24) is 9.61 Å². The molecule has 2 aromatic heterocycles. The van der Waals surface area contributed by atoms with Crippen LogP contribution in [0.1, 0.15) is 16.1 Å². The molecule has 22 heavy (non-hydrogen) atoms. The van der Waals surface area contributed by atoms with E-state index in [1.165, 1.54) is 16.6 Å². The van der Waals surface area contributed by atoms with Crippen molar-refractivity contribution in [3.8, 4) is 22.9 Å². The highest BCUT2D eigenvalue weighted by Crippen LogP contribution is 2.31. The summed E-state index contributed by atoms with van der Waals surface area (Å²) in [6.45, 7) is 0. The Balaban J connectivity index is 2.25. The fraction of sp³-hybridized carbons (Fsp3) is 0. The molecule has 0 fully saturated rings. The third-order valence-electron chi connectivity index (χ3n) is 3.24. The summed E-state index contributed by atoms with van der Waals surface area (Å²) in [7, 11) is 0. The normalized spacial score (nSPS) is 10.5. The van der Waals surface area contributed by atoms with E-state index in [2.05, 4.69) is 5.10 Å². The summed E-state index contributed by atoms with van der Waals surface area (Å²) in [5, 5.41) is 32.2. The van der Waals surface area contributed by atoms with Crippen molar-refractivity contribution in [2.75, 3.05) is 0 Å². The zero-order chi connectivity index (χ0) is 15.9. The van der Waals surface area contributed by atoms with E-state index in [0.717, 1.165) is 0 Å². The van der Waals surface area contributed by atoms with E-state index < -0.39 is 5.97 Å². The fourth-order valence-corrected chi connectivity index (χ4v) is 2.39. The molecule has 0 amide bonds. The minimum atomic E-state index is -1.21. The van der Waals surface area contributed by atoms with Crippen molar-refractivity contribution < 1.29 is 15.0 Å². The summed E-state index contributed by atoms with van der Waals surface area (Å²) >= 11 is 5.84. The predicted molar refractivity (Wildman–Crippen MR) is 79.0 cm³/mol. The summed E-state index contributed by atoms with van der Waals surface area (Å²) in [6, 6.07) is 11.1. The highest BCUT2D eigenvalue weighted by atomic mass is 35.5. The lowest BCUT2D eigenvalue weighted by Crippen LogP contribution is -1.96. The van der Waals surface area contributed by atoms with Gasteiger partial charge in [-0.1, -0.05) is 17.7 Å². The molecule has 1 aromatic carbocycles. The van der Waals surface area contributed by atoms with Gasteiger partial charge in [-0.15, -0.1) is 0 Å². The lowest BCUT2D eigenvalue weighted by molar-refractivity contribution is 0.0694. The van der Waals surface area contributed by atoms with Gasteiger partial charge < -0.3 is 10.2 Å². The molecule has 0 bridgehead atoms. The molecule has 0 aliphatic rings. The molecule has 2 N–H and O–H groups in total. The van der Waals surface area contributed by atoms with E-state index in [9.17, 15) is 15.2 Å². The Kier molecular flexibility index (Phi) is 3.20. The molecule has 0 saturated carbocycles. The minimum absolute atomic E-state index is 0.186. The summed E-state index contributed by atoms with van der Waals surface area (Å²) in [4.78, 5) is 10.9. The first-order valence-electron chi connectivity index (χ1n) is 6.16. The van der Waals surface area contributed by atoms with Crippen LogP contribution in [0.25, 0.3) is 16.6 Å². The van der Waals surface area contributed by atoms with Gasteiger partial charge in [0.2, 0.25) is 0 Å². The number of aromatic hydroxyl groups is 1. The van der Waals surface area contributed by atoms with Crippen LogP contribution in [0, 0.1) is 11.3 Å². The molecule has 6 nitrogen and oxygen atoms in total. The highest BCUT2D eigenvalue weighted by Gasteiger charge is 2.15. The molecule has 0 unspecified atom stereocenters. The number of hydrogen-bond acceptors (Lipinski definition) is 4. The van der Waals surface area contributed by atoms with Crippen LogP contribution in [0.15, 0.2) is 36.4 Å². The average Bonchev–Trinajstić information content (AvgIpc) is 2.84. The van der Waals surface area contributed by atoms with E-state index in [1.807, 2.05) is 6.07 Å². The molecule has 0 aliphatic heterocycles. The number of carboxylic acids is 1. The Morgan fingerprint density at radius 2 is 2.05 bits per heavy atom. The molecular weight excluding hydrogens is 306 g/mol. The standard InChI is InChI=1S/C15H8ClN3O3/c16-14-4-3-12-11(6-9(7-17)19(12)18-14)8-1-2-10(15(21)22)13(20)5-8/h1-6,20H,(H,21,22). The lowest BCUT2D eigenvalue weighted by Gasteiger charge is -2.04. The van der Waals surface area contributed by atoms with Gasteiger partial charge in [0.05, 0.1) is 5.52 Å². The molecule has 3 rings (SSSR count). The van der Waals surface area contributed by atoms with Crippen LogP contribution in [0.4, 0.5) is 0 Å². The van der Waals surface area contributed by atoms with Crippen LogP contribution >= 0.6 is 11.6 Å². The molecular formula is C15H8ClN3O3. The fourth-order valence-electron chi connectivity index (χ4n) is 2.25. The molecule has 3 aromatic rings. The number of nitriles is 1. The van der Waals surface area contributed by atoms with E-state index in [0.29, 0.717) is 16.6 Å². The molecule has 0 saturated heterocycles. The number of nitrogens with zero attached hydrogens (tertiary/aromatic N) is 3. The SMILES string of the molecule is N#Cc1cc(-c2ccc(C(=O)O)c(O)c2)c2ccc(Cl)nn12. The molecule has 2 heterocycles. The zero-order valence-electron chi connectivity index (χ0n) is 11.0. The molecule has 7 heteroatoms. The number of carboxylic acid groups (broad SMARTS) is 1. The maximum absolute atomic E-state index is 10.9. The second-order valence-electron chi connectivity index (χ2n) is 4.55. The van der Waals surface area contributed by atoms with Gasteiger partial charge in [-0.05, 0) is 35.9 Å². The second kappa shape index (κ2) is 5.06. The monoisotopic (exact) mass is 313 g/mol. The van der Waals surface area contributed by atoms with Crippen LogP contribution in [0.2, 0.25) is 5.15 Å². The first-order chi connectivity index (χ1) is 10.5. The number of phenols is 1. The van der Waals surface area contributed by atoms with E-state index in [1.54, 1.807) is 24.3 Å². The summed E-state index contributed by atoms with van der Waals surface area (Å²) in [6.07, 6.45) is 0. The second-order valence-corrected chi connectivity index (χ2v) is 4.93. The van der Waals surface area contributed by atoms with Crippen LogP contribution in [0.3, 0.4) is 0 Å². The predicted octanol–water partition coefficient (Wildman–Crippen LogP) is 2.93. The third-order valence-corrected chi connectivity index (χ3v) is 3.44. The smallest absolute Gasteiger partial charge is 0.339 e. The Morgan fingerprint density at radius 3 is 2.68 bits per heavy atom. The van der Waals surface area contributed by atoms with Crippen molar-refractivity contribution in [3.05, 3.63) is 52.8 Å². The summed E-state index contributed by atoms with van der Waals surface area (Å²) in [5.41, 5.74) is 1.95. The van der Waals surface area contributed by atoms with Gasteiger partial charge in [-0.25, -0.2) is 9.31 Å². The van der Waals surface area contributed by atoms with Gasteiger partial charge in [0.25, 0.3) is 0 Å². The van der Waals surface area contributed by atoms with Gasteiger partial charge in [0.1, 0.15) is 28.2 Å². The maximum Gasteiger partial charge on any atom is 0.339 e. The van der Waals surface area contributed by atoms with Crippen LogP contribution < -0.4 is 0 Å². The number of aromatic nitrogens is 2. The number of aromatic carboxylic acids is 1. The van der Waals surface area contributed by atoms with Crippen molar-refractivity contribution in [2.24, 2.45) is 0 Å². The summed E-state index contributed by atoms with van der Waals surface area (Å²) < 4.78 is 1.40. The first-order valence-corrected chi connectivity index (χ1v) is 6.54. The molecule has 0 spiro atoms. The van der Waals surface area contributed by atoms with E-state index in [-0.39, 0.29) is 22.2 Å². The Hall–Kier alpha value is -3.04. The highest BCUT2D eigenvalue weighted by molar-refractivity contribution is 6.29. The third kappa shape index (κ3) is 2.14. The Labute approximate surface area is 129 Å². The van der Waals surface area contributed by atoms with Gasteiger partial charge in [-0.3, -0.25) is 0 Å². The molecule has 0 radical (unpaired) electrons. The van der Waals surface area contributed by atoms with Gasteiger partial charge >= 0.3 is 5.97 Å². The summed E-state index contributed by atoms with van der Waals surface area (Å²) in [5.74, 6) is -1.55. The minimum Gasteiger partial charge on any atom is -0.507 e. The molecule has 0 aliphatic carbocycles. The number of hydrogen-bond donors (Lipinski definition) is 2. The number of carbonyl (C=O) groups is 1. The maximum atomic E-state index is 10.9. The largest absolute Gasteiger partial charge is 0.507 e. The van der Waals surface area contributed by atoms with Crippen molar-refractivity contribution in [1.29, 1.82) is 5.26 Å². The van der Waals surface area contributed by atoms with Gasteiger partial charge in [-0.2, -0.15) is 10.4 Å². The van der Waals surface area contributed by atoms with Crippen molar-refractivity contribution >= 4 is 23.1 Å². The van der Waals surface area contributed by atoms with E-state index >= 15 is 0 Å². The van der Waals surface area contributed by atoms with Crippen LogP contribution in [-0.2, 0) is 0 Å². The number of benzene rings is 1. The van der Waals surface area contributed by atoms with Gasteiger partial charge in [0.15, 0.2) is 0 Å². The lowest BCUT2D eigenvalue weighted by atomic mass is 10.0. The Bertz CT molecular complexity index is 957. The van der Waals surface area contributed by atoms with Crippen molar-refractivity contribution in [3.63, 3.8) is 0 Å². The average molecular weight is 314 g/mol. The zero-order valence-corrected chi connectivity index (χ0v) is 11.7. The van der Waals surface area contributed by atoms with Gasteiger partial charge in [0, 0.05) is 5.56 Å². The van der Waals surface area contributed by atoms with Crippen LogP contribution in [-0.4, -0.2) is 25.8 Å². The molecule has 0 atom stereocenters. The quantitative estimate of drug-likeness (QED) is 0.758. The van der Waals surface area contributed by atoms with Crippen molar-refractivity contribution in [2.45, 2.75) is 0 Å². The first kappa shape index (κ1) is 13.9. The topological polar surface area (TPSA) is 98.6 Å². The number of rotatable bonds is 2. The number of halogens is 1. The number of fused-ring (bicyclic) bond motifs is 1. The van der Waals surface area contributed by atoms with Crippen LogP contribution in [0.5, 0.6) is 5.75 Å². The molecule has 108 valence electrons. The van der Waals surface area contributed by atoms with E-state index in [4.69, 9.17) is 16.7 Å². The Morgan fingerprint density at radius 1 is 1.27 bits per heavy atom.